The van der Waals surface area contributed by atoms with Gasteiger partial charge in [-0.05, 0) is 35.4 Å². The zero-order valence-electron chi connectivity index (χ0n) is 10.3. The van der Waals surface area contributed by atoms with Crippen LogP contribution in [-0.2, 0) is 13.1 Å². The summed E-state index contributed by atoms with van der Waals surface area (Å²) in [4.78, 5) is 6.43. The molecule has 0 unspecified atom stereocenters. The van der Waals surface area contributed by atoms with E-state index in [4.69, 9.17) is 17.3 Å². The molecule has 2 aromatic rings. The molecule has 2 N–H and O–H groups in total. The number of anilines is 1. The van der Waals surface area contributed by atoms with Gasteiger partial charge in [-0.25, -0.2) is 4.98 Å². The van der Waals surface area contributed by atoms with Crippen LogP contribution in [0.5, 0.6) is 0 Å². The first-order valence-electron chi connectivity index (χ1n) is 5.79. The lowest BCUT2D eigenvalue weighted by atomic mass is 10.2. The van der Waals surface area contributed by atoms with Crippen LogP contribution in [0.15, 0.2) is 42.6 Å². The summed E-state index contributed by atoms with van der Waals surface area (Å²) in [7, 11) is 2.01. The Morgan fingerprint density at radius 2 is 1.89 bits per heavy atom. The molecule has 1 heterocycles. The van der Waals surface area contributed by atoms with E-state index in [1.54, 1.807) is 6.20 Å². The van der Waals surface area contributed by atoms with E-state index >= 15 is 0 Å². The number of aromatic nitrogens is 1. The molecule has 18 heavy (non-hydrogen) atoms. The largest absolute Gasteiger partial charge is 0.355 e. The van der Waals surface area contributed by atoms with Gasteiger partial charge in [-0.2, -0.15) is 0 Å². The molecule has 0 aliphatic rings. The van der Waals surface area contributed by atoms with E-state index in [9.17, 15) is 0 Å². The van der Waals surface area contributed by atoms with Gasteiger partial charge < -0.3 is 10.6 Å². The normalized spacial score (nSPS) is 10.4. The zero-order chi connectivity index (χ0) is 13.0. The van der Waals surface area contributed by atoms with Crippen molar-refractivity contribution in [2.24, 2.45) is 5.73 Å². The van der Waals surface area contributed by atoms with Crippen LogP contribution < -0.4 is 10.6 Å². The molecule has 0 radical (unpaired) electrons. The maximum Gasteiger partial charge on any atom is 0.128 e. The lowest BCUT2D eigenvalue weighted by molar-refractivity contribution is 0.892. The van der Waals surface area contributed by atoms with E-state index in [0.29, 0.717) is 6.54 Å². The summed E-state index contributed by atoms with van der Waals surface area (Å²) in [5.74, 6) is 0.924. The van der Waals surface area contributed by atoms with Crippen molar-refractivity contribution >= 4 is 17.4 Å². The van der Waals surface area contributed by atoms with Gasteiger partial charge in [0.2, 0.25) is 0 Å². The topological polar surface area (TPSA) is 42.1 Å². The van der Waals surface area contributed by atoms with E-state index in [1.807, 2.05) is 43.4 Å². The molecule has 3 nitrogen and oxygen atoms in total. The summed E-state index contributed by atoms with van der Waals surface area (Å²) in [6.07, 6.45) is 1.79. The van der Waals surface area contributed by atoms with Crippen LogP contribution in [0.4, 0.5) is 5.82 Å². The molecule has 1 aromatic carbocycles. The van der Waals surface area contributed by atoms with Gasteiger partial charge in [0, 0.05) is 31.4 Å². The SMILES string of the molecule is CN(Cc1ccc(Cl)cc1)c1cc(CN)ccn1. The Labute approximate surface area is 112 Å². The third-order valence-corrected chi connectivity index (χ3v) is 3.02. The maximum absolute atomic E-state index is 5.86. The second-order valence-electron chi connectivity index (χ2n) is 4.21. The molecule has 94 valence electrons. The van der Waals surface area contributed by atoms with Crippen molar-refractivity contribution in [1.29, 1.82) is 0 Å². The quantitative estimate of drug-likeness (QED) is 0.920. The van der Waals surface area contributed by atoms with Crippen LogP contribution in [0, 0.1) is 0 Å². The molecular weight excluding hydrogens is 246 g/mol. The van der Waals surface area contributed by atoms with Crippen molar-refractivity contribution in [2.45, 2.75) is 13.1 Å². The second kappa shape index (κ2) is 5.85. The summed E-state index contributed by atoms with van der Waals surface area (Å²) in [6.45, 7) is 1.32. The Bertz CT molecular complexity index is 511. The predicted molar refractivity (Wildman–Crippen MR) is 75.7 cm³/mol. The molecule has 0 atom stereocenters. The van der Waals surface area contributed by atoms with Gasteiger partial charge >= 0.3 is 0 Å². The Kier molecular flexibility index (Phi) is 4.18. The number of hydrogen-bond acceptors (Lipinski definition) is 3. The zero-order valence-corrected chi connectivity index (χ0v) is 11.1. The number of pyridine rings is 1. The molecule has 0 saturated heterocycles. The molecule has 0 bridgehead atoms. The molecular formula is C14H16ClN3. The molecule has 0 spiro atoms. The molecule has 0 amide bonds. The van der Waals surface area contributed by atoms with Crippen molar-refractivity contribution in [1.82, 2.24) is 4.98 Å². The van der Waals surface area contributed by atoms with E-state index in [0.717, 1.165) is 22.9 Å². The fourth-order valence-electron chi connectivity index (χ4n) is 1.74. The molecule has 4 heteroatoms. The van der Waals surface area contributed by atoms with Crippen molar-refractivity contribution in [3.8, 4) is 0 Å². The number of halogens is 1. The smallest absolute Gasteiger partial charge is 0.128 e. The highest BCUT2D eigenvalue weighted by Crippen LogP contribution is 2.15. The molecule has 0 aliphatic heterocycles. The standard InChI is InChI=1S/C14H16ClN3/c1-18(10-11-2-4-13(15)5-3-11)14-8-12(9-16)6-7-17-14/h2-8H,9-10,16H2,1H3. The first-order chi connectivity index (χ1) is 8.69. The van der Waals surface area contributed by atoms with E-state index < -0.39 is 0 Å². The van der Waals surface area contributed by atoms with Crippen LogP contribution in [-0.4, -0.2) is 12.0 Å². The van der Waals surface area contributed by atoms with Crippen molar-refractivity contribution in [2.75, 3.05) is 11.9 Å². The Morgan fingerprint density at radius 1 is 1.17 bits per heavy atom. The lowest BCUT2D eigenvalue weighted by Gasteiger charge is -2.18. The Balaban J connectivity index is 2.11. The fourth-order valence-corrected chi connectivity index (χ4v) is 1.87. The number of nitrogens with zero attached hydrogens (tertiary/aromatic N) is 2. The molecule has 0 fully saturated rings. The summed E-state index contributed by atoms with van der Waals surface area (Å²) in [6, 6.07) is 11.8. The van der Waals surface area contributed by atoms with Crippen LogP contribution >= 0.6 is 11.6 Å². The lowest BCUT2D eigenvalue weighted by Crippen LogP contribution is -2.18. The molecule has 0 saturated carbocycles. The van der Waals surface area contributed by atoms with Gasteiger partial charge in [-0.1, -0.05) is 23.7 Å². The minimum atomic E-state index is 0.532. The number of benzene rings is 1. The predicted octanol–water partition coefficient (Wildman–Crippen LogP) is 2.83. The van der Waals surface area contributed by atoms with Crippen molar-refractivity contribution < 1.29 is 0 Å². The first kappa shape index (κ1) is 12.9. The minimum Gasteiger partial charge on any atom is -0.355 e. The van der Waals surface area contributed by atoms with E-state index in [1.165, 1.54) is 5.56 Å². The fraction of sp³-hybridized carbons (Fsp3) is 0.214. The molecule has 1 aromatic heterocycles. The minimum absolute atomic E-state index is 0.532. The third-order valence-electron chi connectivity index (χ3n) is 2.77. The van der Waals surface area contributed by atoms with Gasteiger partial charge in [0.25, 0.3) is 0 Å². The number of rotatable bonds is 4. The molecule has 0 aliphatic carbocycles. The summed E-state index contributed by atoms with van der Waals surface area (Å²) in [5.41, 5.74) is 7.91. The highest BCUT2D eigenvalue weighted by molar-refractivity contribution is 6.30. The van der Waals surface area contributed by atoms with Gasteiger partial charge in [-0.15, -0.1) is 0 Å². The highest BCUT2D eigenvalue weighted by Gasteiger charge is 2.04. The average molecular weight is 262 g/mol. The summed E-state index contributed by atoms with van der Waals surface area (Å²) < 4.78 is 0. The number of hydrogen-bond donors (Lipinski definition) is 1. The van der Waals surface area contributed by atoms with Crippen molar-refractivity contribution in [3.05, 3.63) is 58.7 Å². The highest BCUT2D eigenvalue weighted by atomic mass is 35.5. The maximum atomic E-state index is 5.86. The monoisotopic (exact) mass is 261 g/mol. The van der Waals surface area contributed by atoms with Crippen LogP contribution in [0.3, 0.4) is 0 Å². The Hall–Kier alpha value is -1.58. The van der Waals surface area contributed by atoms with Gasteiger partial charge in [0.05, 0.1) is 0 Å². The van der Waals surface area contributed by atoms with E-state index in [-0.39, 0.29) is 0 Å². The third kappa shape index (κ3) is 3.22. The Morgan fingerprint density at radius 3 is 2.56 bits per heavy atom. The average Bonchev–Trinajstić information content (AvgIpc) is 2.41. The van der Waals surface area contributed by atoms with Gasteiger partial charge in [-0.3, -0.25) is 0 Å². The van der Waals surface area contributed by atoms with Crippen LogP contribution in [0.25, 0.3) is 0 Å². The molecule has 2 rings (SSSR count). The van der Waals surface area contributed by atoms with Gasteiger partial charge in [0.15, 0.2) is 0 Å². The first-order valence-corrected chi connectivity index (χ1v) is 6.17. The summed E-state index contributed by atoms with van der Waals surface area (Å²) >= 11 is 5.86. The van der Waals surface area contributed by atoms with Crippen LogP contribution in [0.2, 0.25) is 5.02 Å². The number of nitrogens with two attached hydrogens (primary N) is 1. The van der Waals surface area contributed by atoms with E-state index in [2.05, 4.69) is 9.88 Å². The van der Waals surface area contributed by atoms with Crippen molar-refractivity contribution in [3.63, 3.8) is 0 Å². The second-order valence-corrected chi connectivity index (χ2v) is 4.65. The van der Waals surface area contributed by atoms with Gasteiger partial charge in [0.1, 0.15) is 5.82 Å². The van der Waals surface area contributed by atoms with Crippen LogP contribution in [0.1, 0.15) is 11.1 Å². The summed E-state index contributed by atoms with van der Waals surface area (Å²) in [5, 5.41) is 0.754.